The van der Waals surface area contributed by atoms with Gasteiger partial charge in [0.25, 0.3) is 0 Å². The Morgan fingerprint density at radius 3 is 2.50 bits per heavy atom. The number of nitrogens with zero attached hydrogens (tertiary/aromatic N) is 2. The second-order valence-corrected chi connectivity index (χ2v) is 6.26. The number of hydrogen-bond donors (Lipinski definition) is 2. The number of anilines is 1. The fraction of sp³-hybridized carbons (Fsp3) is 0.600. The Balaban J connectivity index is 2.34. The highest BCUT2D eigenvalue weighted by Gasteiger charge is 2.26. The standard InChI is InChI=1S/C15H24N4S/c1-9-8-10(2)17-15(13(9)14(16)20)18-19-11(3)6-5-7-12(19)4/h8,11-12H,5-7H2,1-4H3,(H2,16,20)(H,17,18). The van der Waals surface area contributed by atoms with E-state index in [1.807, 2.05) is 19.9 Å². The van der Waals surface area contributed by atoms with Crippen LogP contribution in [-0.4, -0.2) is 27.1 Å². The third kappa shape index (κ3) is 3.10. The Bertz CT molecular complexity index is 505. The first-order valence-corrected chi connectivity index (χ1v) is 7.64. The Kier molecular flexibility index (Phi) is 4.60. The number of hydrazine groups is 1. The maximum atomic E-state index is 5.87. The van der Waals surface area contributed by atoms with E-state index in [2.05, 4.69) is 29.3 Å². The molecule has 1 fully saturated rings. The first-order valence-electron chi connectivity index (χ1n) is 7.23. The predicted molar refractivity (Wildman–Crippen MR) is 87.8 cm³/mol. The zero-order valence-electron chi connectivity index (χ0n) is 12.7. The maximum Gasteiger partial charge on any atom is 0.151 e. The summed E-state index contributed by atoms with van der Waals surface area (Å²) in [6.07, 6.45) is 3.68. The molecule has 1 aromatic rings. The molecule has 20 heavy (non-hydrogen) atoms. The lowest BCUT2D eigenvalue weighted by molar-refractivity contribution is 0.135. The summed E-state index contributed by atoms with van der Waals surface area (Å²) in [4.78, 5) is 5.00. The first-order chi connectivity index (χ1) is 9.40. The first kappa shape index (κ1) is 15.2. The van der Waals surface area contributed by atoms with Crippen molar-refractivity contribution in [1.29, 1.82) is 0 Å². The topological polar surface area (TPSA) is 54.2 Å². The maximum absolute atomic E-state index is 5.87. The fourth-order valence-electron chi connectivity index (χ4n) is 2.99. The lowest BCUT2D eigenvalue weighted by Crippen LogP contribution is -2.47. The molecule has 1 aliphatic heterocycles. The van der Waals surface area contributed by atoms with Crippen LogP contribution in [0.25, 0.3) is 0 Å². The van der Waals surface area contributed by atoms with Gasteiger partial charge in [-0.25, -0.2) is 9.99 Å². The summed E-state index contributed by atoms with van der Waals surface area (Å²) >= 11 is 5.19. The minimum atomic E-state index is 0.398. The molecule has 0 radical (unpaired) electrons. The van der Waals surface area contributed by atoms with Crippen LogP contribution in [0.4, 0.5) is 5.82 Å². The summed E-state index contributed by atoms with van der Waals surface area (Å²) in [6, 6.07) is 2.99. The molecule has 0 aliphatic carbocycles. The SMILES string of the molecule is Cc1cc(C)c(C(N)=S)c(NN2C(C)CCCC2C)n1. The number of aromatic nitrogens is 1. The Labute approximate surface area is 126 Å². The van der Waals surface area contributed by atoms with Crippen molar-refractivity contribution in [3.8, 4) is 0 Å². The van der Waals surface area contributed by atoms with E-state index in [1.165, 1.54) is 19.3 Å². The largest absolute Gasteiger partial charge is 0.389 e. The summed E-state index contributed by atoms with van der Waals surface area (Å²) in [5.41, 5.74) is 12.2. The van der Waals surface area contributed by atoms with Crippen LogP contribution in [0.2, 0.25) is 0 Å². The van der Waals surface area contributed by atoms with Gasteiger partial charge in [-0.15, -0.1) is 0 Å². The lowest BCUT2D eigenvalue weighted by Gasteiger charge is -2.39. The molecule has 0 amide bonds. The molecule has 0 saturated carbocycles. The molecular weight excluding hydrogens is 268 g/mol. The second-order valence-electron chi connectivity index (χ2n) is 5.82. The smallest absolute Gasteiger partial charge is 0.151 e. The lowest BCUT2D eigenvalue weighted by atomic mass is 10.00. The van der Waals surface area contributed by atoms with Crippen LogP contribution >= 0.6 is 12.2 Å². The molecule has 4 nitrogen and oxygen atoms in total. The van der Waals surface area contributed by atoms with E-state index in [4.69, 9.17) is 18.0 Å². The van der Waals surface area contributed by atoms with E-state index in [0.29, 0.717) is 17.1 Å². The molecule has 2 heterocycles. The Morgan fingerprint density at radius 1 is 1.35 bits per heavy atom. The van der Waals surface area contributed by atoms with E-state index < -0.39 is 0 Å². The van der Waals surface area contributed by atoms with E-state index in [-0.39, 0.29) is 0 Å². The minimum Gasteiger partial charge on any atom is -0.389 e. The molecule has 1 aliphatic rings. The number of nitrogens with one attached hydrogen (secondary N) is 1. The van der Waals surface area contributed by atoms with Crippen molar-refractivity contribution in [3.63, 3.8) is 0 Å². The molecule has 0 spiro atoms. The van der Waals surface area contributed by atoms with Gasteiger partial charge in [-0.05, 0) is 52.2 Å². The van der Waals surface area contributed by atoms with Crippen LogP contribution in [0, 0.1) is 13.8 Å². The second kappa shape index (κ2) is 6.06. The predicted octanol–water partition coefficient (Wildman–Crippen LogP) is 2.92. The van der Waals surface area contributed by atoms with E-state index in [1.54, 1.807) is 0 Å². The van der Waals surface area contributed by atoms with Gasteiger partial charge in [0.1, 0.15) is 4.99 Å². The molecule has 0 aromatic carbocycles. The zero-order chi connectivity index (χ0) is 14.9. The van der Waals surface area contributed by atoms with Gasteiger partial charge in [0.2, 0.25) is 0 Å². The van der Waals surface area contributed by atoms with Crippen LogP contribution in [0.15, 0.2) is 6.07 Å². The molecule has 5 heteroatoms. The molecule has 0 bridgehead atoms. The third-order valence-electron chi connectivity index (χ3n) is 4.02. The molecule has 3 N–H and O–H groups in total. The summed E-state index contributed by atoms with van der Waals surface area (Å²) in [6.45, 7) is 8.50. The van der Waals surface area contributed by atoms with Crippen LogP contribution in [0.3, 0.4) is 0 Å². The molecule has 2 rings (SSSR count). The van der Waals surface area contributed by atoms with Crippen molar-refractivity contribution >= 4 is 23.0 Å². The Hall–Kier alpha value is -1.20. The van der Waals surface area contributed by atoms with Crippen LogP contribution in [0.5, 0.6) is 0 Å². The van der Waals surface area contributed by atoms with E-state index in [9.17, 15) is 0 Å². The summed E-state index contributed by atoms with van der Waals surface area (Å²) in [7, 11) is 0. The number of rotatable bonds is 3. The van der Waals surface area contributed by atoms with E-state index in [0.717, 1.165) is 22.6 Å². The summed E-state index contributed by atoms with van der Waals surface area (Å²) < 4.78 is 0. The zero-order valence-corrected chi connectivity index (χ0v) is 13.5. The molecule has 2 atom stereocenters. The fourth-order valence-corrected chi connectivity index (χ4v) is 3.25. The van der Waals surface area contributed by atoms with Crippen molar-refractivity contribution in [2.24, 2.45) is 5.73 Å². The van der Waals surface area contributed by atoms with Crippen LogP contribution < -0.4 is 11.2 Å². The summed E-state index contributed by atoms with van der Waals surface area (Å²) in [5.74, 6) is 0.788. The van der Waals surface area contributed by atoms with Gasteiger partial charge in [-0.3, -0.25) is 0 Å². The monoisotopic (exact) mass is 292 g/mol. The normalized spacial score (nSPS) is 23.6. The van der Waals surface area contributed by atoms with Gasteiger partial charge >= 0.3 is 0 Å². The van der Waals surface area contributed by atoms with Gasteiger partial charge in [0.15, 0.2) is 5.82 Å². The van der Waals surface area contributed by atoms with Crippen molar-refractivity contribution in [3.05, 3.63) is 22.9 Å². The quantitative estimate of drug-likeness (QED) is 0.839. The minimum absolute atomic E-state index is 0.398. The third-order valence-corrected chi connectivity index (χ3v) is 4.22. The van der Waals surface area contributed by atoms with Crippen molar-refractivity contribution in [2.45, 2.75) is 59.0 Å². The van der Waals surface area contributed by atoms with Crippen molar-refractivity contribution in [2.75, 3.05) is 5.43 Å². The molecule has 1 saturated heterocycles. The van der Waals surface area contributed by atoms with Gasteiger partial charge in [-0.1, -0.05) is 18.6 Å². The number of hydrogen-bond acceptors (Lipinski definition) is 4. The van der Waals surface area contributed by atoms with Crippen molar-refractivity contribution < 1.29 is 0 Å². The van der Waals surface area contributed by atoms with Gasteiger partial charge in [-0.2, -0.15) is 0 Å². The van der Waals surface area contributed by atoms with Crippen molar-refractivity contribution in [1.82, 2.24) is 9.99 Å². The van der Waals surface area contributed by atoms with Crippen LogP contribution in [0.1, 0.15) is 49.9 Å². The van der Waals surface area contributed by atoms with Gasteiger partial charge < -0.3 is 11.2 Å². The van der Waals surface area contributed by atoms with Gasteiger partial charge in [0.05, 0.1) is 5.56 Å². The highest BCUT2D eigenvalue weighted by molar-refractivity contribution is 7.80. The van der Waals surface area contributed by atoms with Crippen LogP contribution in [-0.2, 0) is 0 Å². The highest BCUT2D eigenvalue weighted by Crippen LogP contribution is 2.25. The molecule has 110 valence electrons. The Morgan fingerprint density at radius 2 is 1.95 bits per heavy atom. The summed E-state index contributed by atoms with van der Waals surface area (Å²) in [5, 5.41) is 2.28. The molecule has 2 unspecified atom stereocenters. The highest BCUT2D eigenvalue weighted by atomic mass is 32.1. The number of piperidine rings is 1. The van der Waals surface area contributed by atoms with Gasteiger partial charge in [0, 0.05) is 17.8 Å². The number of pyridine rings is 1. The molecule has 1 aromatic heterocycles. The number of thiocarbonyl (C=S) groups is 1. The average Bonchev–Trinajstić information content (AvgIpc) is 2.32. The number of nitrogens with two attached hydrogens (primary N) is 1. The van der Waals surface area contributed by atoms with E-state index >= 15 is 0 Å². The number of aryl methyl sites for hydroxylation is 2. The molecular formula is C15H24N4S. The average molecular weight is 292 g/mol.